The Labute approximate surface area is 133 Å². The predicted molar refractivity (Wildman–Crippen MR) is 89.0 cm³/mol. The van der Waals surface area contributed by atoms with E-state index in [4.69, 9.17) is 0 Å². The summed E-state index contributed by atoms with van der Waals surface area (Å²) in [6, 6.07) is 0.0904. The molecule has 2 aliphatic rings. The normalized spacial score (nSPS) is 26.0. The Morgan fingerprint density at radius 3 is 2.67 bits per heavy atom. The van der Waals surface area contributed by atoms with Crippen LogP contribution in [0.1, 0.15) is 19.3 Å². The predicted octanol–water partition coefficient (Wildman–Crippen LogP) is -0.0565. The fourth-order valence-electron chi connectivity index (χ4n) is 2.97. The minimum atomic E-state index is -3.34. The smallest absolute Gasteiger partial charge is 0.279 e. The molecule has 0 aromatic carbocycles. The summed E-state index contributed by atoms with van der Waals surface area (Å²) in [6.45, 7) is 4.82. The van der Waals surface area contributed by atoms with Gasteiger partial charge in [0.05, 0.1) is 0 Å². The van der Waals surface area contributed by atoms with Crippen molar-refractivity contribution < 1.29 is 8.42 Å². The summed E-state index contributed by atoms with van der Waals surface area (Å²) in [4.78, 5) is 2.33. The van der Waals surface area contributed by atoms with Crippen LogP contribution in [0.4, 0.5) is 0 Å². The van der Waals surface area contributed by atoms with Gasteiger partial charge in [-0.15, -0.1) is 0 Å². The first-order chi connectivity index (χ1) is 10.1. The highest BCUT2D eigenvalue weighted by Crippen LogP contribution is 2.19. The van der Waals surface area contributed by atoms with E-state index in [1.807, 2.05) is 18.8 Å². The molecule has 2 fully saturated rings. The zero-order chi connectivity index (χ0) is 15.1. The van der Waals surface area contributed by atoms with E-state index in [2.05, 4.69) is 14.9 Å². The first-order valence-electron chi connectivity index (χ1n) is 7.84. The number of likely N-dealkylation sites (N-methyl/N-ethyl adjacent to an activating group) is 1. The van der Waals surface area contributed by atoms with Gasteiger partial charge >= 0.3 is 0 Å². The third-order valence-corrected chi connectivity index (χ3v) is 6.75. The molecule has 0 aliphatic carbocycles. The Morgan fingerprint density at radius 2 is 1.95 bits per heavy atom. The van der Waals surface area contributed by atoms with Gasteiger partial charge in [-0.2, -0.15) is 24.5 Å². The molecule has 0 amide bonds. The lowest BCUT2D eigenvalue weighted by Gasteiger charge is -2.34. The Morgan fingerprint density at radius 1 is 1.19 bits per heavy atom. The van der Waals surface area contributed by atoms with Crippen molar-refractivity contribution >= 4 is 22.0 Å². The molecule has 0 spiro atoms. The van der Waals surface area contributed by atoms with Gasteiger partial charge in [0.25, 0.3) is 10.2 Å². The molecule has 0 aromatic rings. The Bertz CT molecular complexity index is 397. The van der Waals surface area contributed by atoms with Crippen LogP contribution < -0.4 is 10.0 Å². The topological polar surface area (TPSA) is 64.7 Å². The van der Waals surface area contributed by atoms with Crippen molar-refractivity contribution in [2.24, 2.45) is 0 Å². The van der Waals surface area contributed by atoms with Crippen molar-refractivity contribution in [2.75, 3.05) is 57.8 Å². The summed E-state index contributed by atoms with van der Waals surface area (Å²) in [5.74, 6) is 2.31. The second kappa shape index (κ2) is 8.69. The molecule has 0 saturated carbocycles. The highest BCUT2D eigenvalue weighted by atomic mass is 32.2. The third kappa shape index (κ3) is 5.37. The number of hydrogen-bond donors (Lipinski definition) is 2. The highest BCUT2D eigenvalue weighted by Gasteiger charge is 2.31. The van der Waals surface area contributed by atoms with Crippen LogP contribution in [0.5, 0.6) is 0 Å². The number of nitrogens with zero attached hydrogens (tertiary/aromatic N) is 2. The van der Waals surface area contributed by atoms with Crippen LogP contribution >= 0.6 is 11.8 Å². The van der Waals surface area contributed by atoms with Crippen LogP contribution in [-0.2, 0) is 10.2 Å². The molecule has 21 heavy (non-hydrogen) atoms. The molecule has 2 heterocycles. The SMILES string of the molecule is CNCC1CCCCN1S(=O)(=O)NCCN1CCSCC1. The van der Waals surface area contributed by atoms with Crippen molar-refractivity contribution in [3.8, 4) is 0 Å². The van der Waals surface area contributed by atoms with E-state index in [0.29, 0.717) is 13.1 Å². The largest absolute Gasteiger partial charge is 0.318 e. The summed E-state index contributed by atoms with van der Waals surface area (Å²) in [6.07, 6.45) is 3.03. The lowest BCUT2D eigenvalue weighted by atomic mass is 10.1. The number of piperidine rings is 1. The summed E-state index contributed by atoms with van der Waals surface area (Å²) in [5, 5.41) is 3.10. The van der Waals surface area contributed by atoms with Crippen LogP contribution in [0, 0.1) is 0 Å². The van der Waals surface area contributed by atoms with Gasteiger partial charge in [0.2, 0.25) is 0 Å². The number of hydrogen-bond acceptors (Lipinski definition) is 5. The fourth-order valence-corrected chi connectivity index (χ4v) is 5.41. The van der Waals surface area contributed by atoms with E-state index in [1.165, 1.54) is 0 Å². The third-order valence-electron chi connectivity index (χ3n) is 4.14. The summed E-state index contributed by atoms with van der Waals surface area (Å²) in [5.41, 5.74) is 0. The maximum atomic E-state index is 12.5. The van der Waals surface area contributed by atoms with Crippen molar-refractivity contribution in [1.29, 1.82) is 0 Å². The standard InChI is InChI=1S/C13H28N4O2S2/c1-14-12-13-4-2-3-6-17(13)21(18,19)15-5-7-16-8-10-20-11-9-16/h13-15H,2-12H2,1H3. The molecule has 1 unspecified atom stereocenters. The molecule has 124 valence electrons. The van der Waals surface area contributed by atoms with E-state index in [1.54, 1.807) is 4.31 Å². The van der Waals surface area contributed by atoms with Gasteiger partial charge in [0.15, 0.2) is 0 Å². The lowest BCUT2D eigenvalue weighted by Crippen LogP contribution is -2.53. The number of rotatable bonds is 7. The maximum absolute atomic E-state index is 12.5. The van der Waals surface area contributed by atoms with Gasteiger partial charge in [-0.05, 0) is 19.9 Å². The Hall–Kier alpha value is 0.140. The first-order valence-corrected chi connectivity index (χ1v) is 10.4. The van der Waals surface area contributed by atoms with Crippen molar-refractivity contribution in [3.05, 3.63) is 0 Å². The van der Waals surface area contributed by atoms with E-state index >= 15 is 0 Å². The highest BCUT2D eigenvalue weighted by molar-refractivity contribution is 7.99. The zero-order valence-corrected chi connectivity index (χ0v) is 14.5. The van der Waals surface area contributed by atoms with Crippen molar-refractivity contribution in [2.45, 2.75) is 25.3 Å². The molecule has 1 atom stereocenters. The van der Waals surface area contributed by atoms with Crippen LogP contribution in [0.25, 0.3) is 0 Å². The zero-order valence-electron chi connectivity index (χ0n) is 12.9. The molecular weight excluding hydrogens is 308 g/mol. The average Bonchev–Trinajstić information content (AvgIpc) is 2.49. The Balaban J connectivity index is 1.81. The van der Waals surface area contributed by atoms with Crippen LogP contribution in [0.15, 0.2) is 0 Å². The molecule has 8 heteroatoms. The fraction of sp³-hybridized carbons (Fsp3) is 1.00. The van der Waals surface area contributed by atoms with E-state index in [9.17, 15) is 8.42 Å². The van der Waals surface area contributed by atoms with Crippen LogP contribution in [-0.4, -0.2) is 81.5 Å². The van der Waals surface area contributed by atoms with Gasteiger partial charge in [-0.25, -0.2) is 4.72 Å². The van der Waals surface area contributed by atoms with Crippen molar-refractivity contribution in [1.82, 2.24) is 19.2 Å². The van der Waals surface area contributed by atoms with Crippen molar-refractivity contribution in [3.63, 3.8) is 0 Å². The summed E-state index contributed by atoms with van der Waals surface area (Å²) in [7, 11) is -1.47. The molecule has 0 bridgehead atoms. The van der Waals surface area contributed by atoms with Gasteiger partial charge < -0.3 is 10.2 Å². The average molecular weight is 337 g/mol. The number of nitrogens with one attached hydrogen (secondary N) is 2. The second-order valence-electron chi connectivity index (χ2n) is 5.67. The molecule has 6 nitrogen and oxygen atoms in total. The molecule has 2 aliphatic heterocycles. The molecule has 0 radical (unpaired) electrons. The minimum absolute atomic E-state index is 0.0904. The van der Waals surface area contributed by atoms with Crippen LogP contribution in [0.2, 0.25) is 0 Å². The molecule has 2 N–H and O–H groups in total. The quantitative estimate of drug-likeness (QED) is 0.682. The maximum Gasteiger partial charge on any atom is 0.279 e. The van der Waals surface area contributed by atoms with Gasteiger partial charge in [0, 0.05) is 56.8 Å². The second-order valence-corrected chi connectivity index (χ2v) is 8.60. The first kappa shape index (κ1) is 17.5. The molecule has 0 aromatic heterocycles. The van der Waals surface area contributed by atoms with Gasteiger partial charge in [-0.3, -0.25) is 0 Å². The number of thioether (sulfide) groups is 1. The summed E-state index contributed by atoms with van der Waals surface area (Å²) >= 11 is 1.97. The van der Waals surface area contributed by atoms with Gasteiger partial charge in [0.1, 0.15) is 0 Å². The van der Waals surface area contributed by atoms with E-state index in [-0.39, 0.29) is 6.04 Å². The summed E-state index contributed by atoms with van der Waals surface area (Å²) < 4.78 is 29.4. The van der Waals surface area contributed by atoms with E-state index in [0.717, 1.165) is 56.9 Å². The minimum Gasteiger partial charge on any atom is -0.318 e. The van der Waals surface area contributed by atoms with Gasteiger partial charge in [-0.1, -0.05) is 6.42 Å². The molecule has 2 rings (SSSR count). The Kier molecular flexibility index (Phi) is 7.24. The van der Waals surface area contributed by atoms with Crippen LogP contribution in [0.3, 0.4) is 0 Å². The lowest BCUT2D eigenvalue weighted by molar-refractivity contribution is 0.244. The molecular formula is C13H28N4O2S2. The van der Waals surface area contributed by atoms with E-state index < -0.39 is 10.2 Å². The molecule has 2 saturated heterocycles. The monoisotopic (exact) mass is 336 g/mol.